The molecule has 0 fully saturated rings. The maximum atomic E-state index is 11.9. The van der Waals surface area contributed by atoms with Gasteiger partial charge < -0.3 is 20.4 Å². The number of carboxylic acids is 4. The molecule has 0 atom stereocenters. The predicted molar refractivity (Wildman–Crippen MR) is 124 cm³/mol. The van der Waals surface area contributed by atoms with E-state index < -0.39 is 23.9 Å². The second-order valence-electron chi connectivity index (χ2n) is 7.36. The van der Waals surface area contributed by atoms with Crippen LogP contribution in [0.5, 0.6) is 0 Å². The Morgan fingerprint density at radius 1 is 0.394 bits per heavy atom. The number of hydrogen-bond acceptors (Lipinski definition) is 4. The molecule has 0 saturated carbocycles. The normalized spacial score (nSPS) is 11.2. The molecule has 0 aromatic heterocycles. The number of carboxylic acid groups (broad SMARTS) is 4. The van der Waals surface area contributed by atoms with E-state index >= 15 is 0 Å². The molecule has 0 aliphatic rings. The number of rotatable bonds is 4. The third kappa shape index (κ3) is 3.18. The molecule has 8 nitrogen and oxygen atoms in total. The van der Waals surface area contributed by atoms with Crippen molar-refractivity contribution in [2.45, 2.75) is 0 Å². The van der Waals surface area contributed by atoms with Crippen LogP contribution in [0.25, 0.3) is 43.1 Å². The first kappa shape index (κ1) is 23.0. The van der Waals surface area contributed by atoms with E-state index in [0.29, 0.717) is 32.3 Å². The molecule has 0 spiro atoms. The molecule has 4 N–H and O–H groups in total. The summed E-state index contributed by atoms with van der Waals surface area (Å²) in [7, 11) is 0. The summed E-state index contributed by atoms with van der Waals surface area (Å²) in [5.74, 6) is -5.13. The van der Waals surface area contributed by atoms with Gasteiger partial charge in [0.1, 0.15) is 0 Å². The molecule has 5 aromatic rings. The first-order valence-corrected chi connectivity index (χ1v) is 9.35. The van der Waals surface area contributed by atoms with Crippen molar-refractivity contribution in [2.75, 3.05) is 0 Å². The van der Waals surface area contributed by atoms with Crippen molar-refractivity contribution in [2.24, 2.45) is 0 Å². The molecule has 0 heterocycles. The molecule has 0 aliphatic heterocycles. The Kier molecular flexibility index (Phi) is 5.59. The summed E-state index contributed by atoms with van der Waals surface area (Å²) in [6.07, 6.45) is 0. The van der Waals surface area contributed by atoms with E-state index in [2.05, 4.69) is 0 Å². The van der Waals surface area contributed by atoms with Crippen LogP contribution in [-0.4, -0.2) is 93.2 Å². The molecule has 0 amide bonds. The molecule has 9 heteroatoms. The van der Waals surface area contributed by atoms with Gasteiger partial charge in [-0.05, 0) is 56.6 Å². The summed E-state index contributed by atoms with van der Waals surface area (Å²) in [6.45, 7) is 0. The monoisotopic (exact) mass is 568 g/mol. The van der Waals surface area contributed by atoms with Crippen molar-refractivity contribution in [3.05, 3.63) is 70.8 Å². The summed E-state index contributed by atoms with van der Waals surface area (Å²) >= 11 is 0. The van der Waals surface area contributed by atoms with Crippen molar-refractivity contribution >= 4 is 116 Å². The van der Waals surface area contributed by atoms with Crippen LogP contribution in [0.2, 0.25) is 0 Å². The van der Waals surface area contributed by atoms with Crippen molar-refractivity contribution in [3.63, 3.8) is 0 Å². The van der Waals surface area contributed by atoms with E-state index in [9.17, 15) is 39.6 Å². The molecule has 0 unspecified atom stereocenters. The summed E-state index contributed by atoms with van der Waals surface area (Å²) in [5, 5.41) is 41.7. The second kappa shape index (κ2) is 8.01. The summed E-state index contributed by atoms with van der Waals surface area (Å²) in [5.41, 5.74) is -0.696. The van der Waals surface area contributed by atoms with Crippen LogP contribution in [0.15, 0.2) is 48.5 Å². The summed E-state index contributed by atoms with van der Waals surface area (Å²) < 4.78 is 0. The van der Waals surface area contributed by atoms with Crippen LogP contribution < -0.4 is 0 Å². The van der Waals surface area contributed by atoms with Crippen LogP contribution in [0.4, 0.5) is 0 Å². The van der Waals surface area contributed by atoms with E-state index in [0.717, 1.165) is 0 Å². The van der Waals surface area contributed by atoms with Crippen molar-refractivity contribution in [3.8, 4) is 0 Å². The van der Waals surface area contributed by atoms with Crippen molar-refractivity contribution < 1.29 is 39.6 Å². The Labute approximate surface area is 224 Å². The fourth-order valence-electron chi connectivity index (χ4n) is 4.60. The van der Waals surface area contributed by atoms with Crippen molar-refractivity contribution in [1.29, 1.82) is 0 Å². The van der Waals surface area contributed by atoms with Crippen LogP contribution in [0, 0.1) is 0 Å². The molecule has 0 saturated heterocycles. The zero-order valence-corrected chi connectivity index (χ0v) is 16.0. The molecule has 0 aliphatic carbocycles. The first-order chi connectivity index (χ1) is 15.2. The quantitative estimate of drug-likeness (QED) is 0.146. The zero-order chi connectivity index (χ0) is 22.9. The number of aromatic carboxylic acids is 4. The number of hydrogen-bond donors (Lipinski definition) is 4. The van der Waals surface area contributed by atoms with Gasteiger partial charge in [-0.15, -0.1) is 0 Å². The molecule has 33 heavy (non-hydrogen) atoms. The molecule has 5 rings (SSSR count). The standard InChI is InChI=1S/C24H12O8.Ba.2H/c25-21(26)13-5-1-9-10-2-6-15(23(29)30)20-16(24(31)32)8-4-12(18(10)20)11-3-7-14(22(27)28)19(13)17(9)11;;;/h1-8H,(H,25,26)(H,27,28)(H,29,30)(H,31,32);;;. The Hall–Kier alpha value is -3.15. The Morgan fingerprint density at radius 3 is 0.788 bits per heavy atom. The van der Waals surface area contributed by atoms with Gasteiger partial charge >= 0.3 is 72.8 Å². The summed E-state index contributed by atoms with van der Waals surface area (Å²) in [6, 6.07) is 11.4. The Balaban J connectivity index is 0.00000259. The van der Waals surface area contributed by atoms with E-state index in [-0.39, 0.29) is 81.9 Å². The zero-order valence-electron chi connectivity index (χ0n) is 16.0. The van der Waals surface area contributed by atoms with Gasteiger partial charge in [0.15, 0.2) is 0 Å². The average molecular weight is 568 g/mol. The van der Waals surface area contributed by atoms with Gasteiger partial charge in [0.2, 0.25) is 0 Å². The van der Waals surface area contributed by atoms with E-state index in [1.165, 1.54) is 48.5 Å². The minimum absolute atomic E-state index is 0. The molecular weight excluding hydrogens is 554 g/mol. The Morgan fingerprint density at radius 2 is 0.606 bits per heavy atom. The number of fused-ring (bicyclic) bond motifs is 2. The van der Waals surface area contributed by atoms with Crippen LogP contribution >= 0.6 is 0 Å². The Bertz CT molecular complexity index is 1440. The molecule has 0 bridgehead atoms. The molecule has 160 valence electrons. The third-order valence-corrected chi connectivity index (χ3v) is 5.82. The molecular formula is C24H14BaO8. The van der Waals surface area contributed by atoms with Crippen molar-refractivity contribution in [1.82, 2.24) is 0 Å². The minimum atomic E-state index is -1.28. The SMILES string of the molecule is O=C(O)c1ccc2c3ccc(C(=O)O)c4c(C(=O)O)ccc(c5ccc(C(=O)O)c1c25)c43.[BaH2]. The fraction of sp³-hybridized carbons (Fsp3) is 0. The van der Waals surface area contributed by atoms with Gasteiger partial charge in [-0.1, -0.05) is 24.3 Å². The van der Waals surface area contributed by atoms with Gasteiger partial charge in [0.25, 0.3) is 0 Å². The van der Waals surface area contributed by atoms with Gasteiger partial charge in [-0.2, -0.15) is 0 Å². The third-order valence-electron chi connectivity index (χ3n) is 5.82. The second-order valence-corrected chi connectivity index (χ2v) is 7.36. The predicted octanol–water partition coefficient (Wildman–Crippen LogP) is 3.61. The van der Waals surface area contributed by atoms with E-state index in [4.69, 9.17) is 0 Å². The molecule has 0 radical (unpaired) electrons. The van der Waals surface area contributed by atoms with Crippen LogP contribution in [0.1, 0.15) is 41.4 Å². The maximum absolute atomic E-state index is 11.9. The van der Waals surface area contributed by atoms with Crippen LogP contribution in [-0.2, 0) is 0 Å². The fourth-order valence-corrected chi connectivity index (χ4v) is 4.60. The van der Waals surface area contributed by atoms with E-state index in [1.54, 1.807) is 0 Å². The van der Waals surface area contributed by atoms with Gasteiger partial charge in [-0.25, -0.2) is 19.2 Å². The van der Waals surface area contributed by atoms with Crippen LogP contribution in [0.3, 0.4) is 0 Å². The van der Waals surface area contributed by atoms with E-state index in [1.807, 2.05) is 0 Å². The molecule has 5 aromatic carbocycles. The van der Waals surface area contributed by atoms with Gasteiger partial charge in [0.05, 0.1) is 22.3 Å². The number of benzene rings is 5. The topological polar surface area (TPSA) is 149 Å². The summed E-state index contributed by atoms with van der Waals surface area (Å²) in [4.78, 5) is 47.5. The van der Waals surface area contributed by atoms with Gasteiger partial charge in [0, 0.05) is 10.8 Å². The first-order valence-electron chi connectivity index (χ1n) is 9.35. The number of carbonyl (C=O) groups is 4. The average Bonchev–Trinajstić information content (AvgIpc) is 2.75. The van der Waals surface area contributed by atoms with Gasteiger partial charge in [-0.3, -0.25) is 0 Å².